The molecule has 0 atom stereocenters. The Kier molecular flexibility index (Phi) is 3.52. The first-order valence-corrected chi connectivity index (χ1v) is 7.28. The highest BCUT2D eigenvalue weighted by atomic mass is 32.2. The van der Waals surface area contributed by atoms with Crippen LogP contribution in [0, 0.1) is 0 Å². The maximum atomic E-state index is 11.4. The van der Waals surface area contributed by atoms with Crippen molar-refractivity contribution >= 4 is 29.0 Å². The average molecular weight is 286 g/mol. The number of thioether (sulfide) groups is 1. The maximum absolute atomic E-state index is 11.4. The van der Waals surface area contributed by atoms with Crippen molar-refractivity contribution in [2.75, 3.05) is 16.4 Å². The molecule has 3 N–H and O–H groups in total. The molecule has 0 aliphatic carbocycles. The van der Waals surface area contributed by atoms with Crippen molar-refractivity contribution in [1.82, 2.24) is 0 Å². The Morgan fingerprint density at radius 2 is 2.15 bits per heavy atom. The van der Waals surface area contributed by atoms with E-state index in [0.717, 1.165) is 21.8 Å². The lowest BCUT2D eigenvalue weighted by atomic mass is 10.2. The lowest BCUT2D eigenvalue weighted by Crippen LogP contribution is -2.18. The molecule has 0 saturated carbocycles. The number of nitrogens with one attached hydrogen (secondary N) is 2. The van der Waals surface area contributed by atoms with Gasteiger partial charge in [0.2, 0.25) is 5.91 Å². The van der Waals surface area contributed by atoms with E-state index in [9.17, 15) is 9.90 Å². The van der Waals surface area contributed by atoms with Gasteiger partial charge in [-0.05, 0) is 35.9 Å². The Balaban J connectivity index is 1.72. The third kappa shape index (κ3) is 2.88. The van der Waals surface area contributed by atoms with Gasteiger partial charge in [0.05, 0.1) is 11.4 Å². The van der Waals surface area contributed by atoms with E-state index in [1.54, 1.807) is 23.9 Å². The van der Waals surface area contributed by atoms with E-state index in [4.69, 9.17) is 0 Å². The van der Waals surface area contributed by atoms with Gasteiger partial charge in [-0.25, -0.2) is 0 Å². The molecule has 20 heavy (non-hydrogen) atoms. The number of phenols is 1. The molecule has 1 heterocycles. The Morgan fingerprint density at radius 1 is 1.25 bits per heavy atom. The van der Waals surface area contributed by atoms with E-state index in [-0.39, 0.29) is 11.7 Å². The van der Waals surface area contributed by atoms with Crippen LogP contribution in [0.3, 0.4) is 0 Å². The summed E-state index contributed by atoms with van der Waals surface area (Å²) in [7, 11) is 0. The number of carbonyl (C=O) groups is 1. The normalized spacial score (nSPS) is 13.5. The predicted octanol–water partition coefficient (Wildman–Crippen LogP) is 3.05. The van der Waals surface area contributed by atoms with Gasteiger partial charge < -0.3 is 15.7 Å². The van der Waals surface area contributed by atoms with E-state index in [2.05, 4.69) is 10.6 Å². The summed E-state index contributed by atoms with van der Waals surface area (Å²) in [6.07, 6.45) is 0. The fourth-order valence-corrected chi connectivity index (χ4v) is 2.85. The van der Waals surface area contributed by atoms with Crippen molar-refractivity contribution in [2.45, 2.75) is 11.4 Å². The fraction of sp³-hybridized carbons (Fsp3) is 0.133. The Morgan fingerprint density at radius 3 is 3.00 bits per heavy atom. The van der Waals surface area contributed by atoms with Crippen molar-refractivity contribution in [3.8, 4) is 5.75 Å². The number of hydrogen-bond acceptors (Lipinski definition) is 4. The minimum atomic E-state index is 0.0348. The van der Waals surface area contributed by atoms with Crippen LogP contribution in [0.4, 0.5) is 11.4 Å². The zero-order valence-electron chi connectivity index (χ0n) is 10.7. The Hall–Kier alpha value is -2.14. The van der Waals surface area contributed by atoms with Crippen molar-refractivity contribution in [2.24, 2.45) is 0 Å². The molecular weight excluding hydrogens is 272 g/mol. The predicted molar refractivity (Wildman–Crippen MR) is 81.2 cm³/mol. The molecule has 0 unspecified atom stereocenters. The number of benzene rings is 2. The van der Waals surface area contributed by atoms with Crippen LogP contribution in [-0.4, -0.2) is 16.8 Å². The fourth-order valence-electron chi connectivity index (χ4n) is 2.06. The summed E-state index contributed by atoms with van der Waals surface area (Å²) in [4.78, 5) is 12.5. The maximum Gasteiger partial charge on any atom is 0.234 e. The van der Waals surface area contributed by atoms with Gasteiger partial charge in [-0.2, -0.15) is 0 Å². The van der Waals surface area contributed by atoms with Crippen molar-refractivity contribution in [1.29, 1.82) is 0 Å². The zero-order valence-corrected chi connectivity index (χ0v) is 11.5. The number of rotatable bonds is 3. The van der Waals surface area contributed by atoms with Gasteiger partial charge in [0.1, 0.15) is 5.75 Å². The van der Waals surface area contributed by atoms with Crippen LogP contribution in [-0.2, 0) is 11.3 Å². The number of amides is 1. The van der Waals surface area contributed by atoms with E-state index in [0.29, 0.717) is 12.3 Å². The lowest BCUT2D eigenvalue weighted by Gasteiger charge is -2.17. The van der Waals surface area contributed by atoms with Gasteiger partial charge in [0, 0.05) is 17.1 Å². The highest BCUT2D eigenvalue weighted by Crippen LogP contribution is 2.33. The molecule has 1 amide bonds. The minimum Gasteiger partial charge on any atom is -0.508 e. The van der Waals surface area contributed by atoms with Crippen molar-refractivity contribution in [3.05, 3.63) is 48.0 Å². The van der Waals surface area contributed by atoms with Crippen molar-refractivity contribution < 1.29 is 9.90 Å². The molecule has 1 aliphatic heterocycles. The van der Waals surface area contributed by atoms with Crippen molar-refractivity contribution in [3.63, 3.8) is 0 Å². The van der Waals surface area contributed by atoms with Gasteiger partial charge >= 0.3 is 0 Å². The van der Waals surface area contributed by atoms with Crippen LogP contribution in [0.2, 0.25) is 0 Å². The zero-order chi connectivity index (χ0) is 13.9. The van der Waals surface area contributed by atoms with E-state index in [1.165, 1.54) is 0 Å². The van der Waals surface area contributed by atoms with Gasteiger partial charge in [-0.1, -0.05) is 12.1 Å². The molecule has 5 heteroatoms. The summed E-state index contributed by atoms with van der Waals surface area (Å²) in [6, 6.07) is 13.1. The van der Waals surface area contributed by atoms with Crippen LogP contribution < -0.4 is 10.6 Å². The molecule has 0 saturated heterocycles. The van der Waals surface area contributed by atoms with E-state index in [1.807, 2.05) is 30.3 Å². The first kappa shape index (κ1) is 12.9. The number of phenolic OH excluding ortho intramolecular Hbond substituents is 1. The third-order valence-corrected chi connectivity index (χ3v) is 4.09. The second-order valence-corrected chi connectivity index (χ2v) is 5.59. The summed E-state index contributed by atoms with van der Waals surface area (Å²) < 4.78 is 0. The highest BCUT2D eigenvalue weighted by Gasteiger charge is 2.15. The average Bonchev–Trinajstić information content (AvgIpc) is 2.45. The monoisotopic (exact) mass is 286 g/mol. The SMILES string of the molecule is O=C1CSc2ccc(NCc3cccc(O)c3)cc2N1. The quantitative estimate of drug-likeness (QED) is 0.811. The standard InChI is InChI=1S/C15H14N2O2S/c18-12-3-1-2-10(6-12)8-16-11-4-5-14-13(7-11)17-15(19)9-20-14/h1-7,16,18H,8-9H2,(H,17,19). The van der Waals surface area contributed by atoms with E-state index >= 15 is 0 Å². The number of anilines is 2. The molecule has 2 aromatic carbocycles. The topological polar surface area (TPSA) is 61.4 Å². The smallest absolute Gasteiger partial charge is 0.234 e. The second kappa shape index (κ2) is 5.46. The summed E-state index contributed by atoms with van der Waals surface area (Å²) in [5.41, 5.74) is 2.79. The molecule has 102 valence electrons. The van der Waals surface area contributed by atoms with Crippen LogP contribution in [0.15, 0.2) is 47.4 Å². The van der Waals surface area contributed by atoms with Gasteiger partial charge in [0.25, 0.3) is 0 Å². The summed E-state index contributed by atoms with van der Waals surface area (Å²) in [5.74, 6) is 0.773. The molecule has 0 spiro atoms. The number of aromatic hydroxyl groups is 1. The number of carbonyl (C=O) groups excluding carboxylic acids is 1. The highest BCUT2D eigenvalue weighted by molar-refractivity contribution is 8.00. The molecule has 4 nitrogen and oxygen atoms in total. The molecule has 0 fully saturated rings. The van der Waals surface area contributed by atoms with Crippen LogP contribution in [0.25, 0.3) is 0 Å². The minimum absolute atomic E-state index is 0.0348. The summed E-state index contributed by atoms with van der Waals surface area (Å²) in [6.45, 7) is 0.619. The van der Waals surface area contributed by atoms with Crippen LogP contribution in [0.1, 0.15) is 5.56 Å². The molecule has 0 bridgehead atoms. The summed E-state index contributed by atoms with van der Waals surface area (Å²) >= 11 is 1.55. The number of fused-ring (bicyclic) bond motifs is 1. The largest absolute Gasteiger partial charge is 0.508 e. The van der Waals surface area contributed by atoms with Gasteiger partial charge in [-0.3, -0.25) is 4.79 Å². The molecule has 3 rings (SSSR count). The molecule has 1 aliphatic rings. The molecule has 2 aromatic rings. The first-order chi connectivity index (χ1) is 9.70. The Bertz CT molecular complexity index is 658. The third-order valence-electron chi connectivity index (χ3n) is 3.02. The van der Waals surface area contributed by atoms with Gasteiger partial charge in [0.15, 0.2) is 0 Å². The molecular formula is C15H14N2O2S. The molecule has 0 aromatic heterocycles. The lowest BCUT2D eigenvalue weighted by molar-refractivity contribution is -0.113. The van der Waals surface area contributed by atoms with Crippen LogP contribution >= 0.6 is 11.8 Å². The molecule has 0 radical (unpaired) electrons. The summed E-state index contributed by atoms with van der Waals surface area (Å²) in [5, 5.41) is 15.6. The van der Waals surface area contributed by atoms with E-state index < -0.39 is 0 Å². The number of hydrogen-bond donors (Lipinski definition) is 3. The Labute approximate surface area is 121 Å². The second-order valence-electron chi connectivity index (χ2n) is 4.57. The van der Waals surface area contributed by atoms with Crippen LogP contribution in [0.5, 0.6) is 5.75 Å². The first-order valence-electron chi connectivity index (χ1n) is 6.29. The van der Waals surface area contributed by atoms with Gasteiger partial charge in [-0.15, -0.1) is 11.8 Å².